The zero-order valence-corrected chi connectivity index (χ0v) is 12.5. The van der Waals surface area contributed by atoms with Gasteiger partial charge in [0.25, 0.3) is 0 Å². The minimum absolute atomic E-state index is 0.0114. The Morgan fingerprint density at radius 2 is 2.00 bits per heavy atom. The topological polar surface area (TPSA) is 72.5 Å². The van der Waals surface area contributed by atoms with Crippen LogP contribution in [0.3, 0.4) is 0 Å². The number of hydrogen-bond acceptors (Lipinski definition) is 4. The molecule has 1 heterocycles. The van der Waals surface area contributed by atoms with Crippen molar-refractivity contribution in [3.05, 3.63) is 0 Å². The first-order chi connectivity index (χ1) is 9.53. The van der Waals surface area contributed by atoms with E-state index in [1.54, 1.807) is 0 Å². The van der Waals surface area contributed by atoms with Gasteiger partial charge in [-0.2, -0.15) is 0 Å². The van der Waals surface area contributed by atoms with Crippen molar-refractivity contribution in [3.8, 4) is 0 Å². The molecule has 0 bridgehead atoms. The van der Waals surface area contributed by atoms with Crippen LogP contribution in [0.1, 0.15) is 38.5 Å². The van der Waals surface area contributed by atoms with Gasteiger partial charge >= 0.3 is 0 Å². The van der Waals surface area contributed by atoms with Gasteiger partial charge in [0.1, 0.15) is 0 Å². The van der Waals surface area contributed by atoms with Crippen LogP contribution >= 0.6 is 0 Å². The fraction of sp³-hybridized carbons (Fsp3) is 0.929. The molecular weight excluding hydrogens is 278 g/mol. The van der Waals surface area contributed by atoms with Gasteiger partial charge in [-0.1, -0.05) is 0 Å². The smallest absolute Gasteiger partial charge is 0.236 e. The Kier molecular flexibility index (Phi) is 4.04. The van der Waals surface area contributed by atoms with E-state index in [4.69, 9.17) is 4.74 Å². The second-order valence-electron chi connectivity index (χ2n) is 6.60. The molecular formula is C14H23NO4S. The van der Waals surface area contributed by atoms with E-state index >= 15 is 0 Å². The first kappa shape index (κ1) is 14.3. The number of hydrogen-bond donors (Lipinski definition) is 1. The van der Waals surface area contributed by atoms with E-state index in [0.29, 0.717) is 19.1 Å². The molecule has 6 heteroatoms. The normalized spacial score (nSPS) is 37.0. The fourth-order valence-electron chi connectivity index (χ4n) is 3.62. The predicted octanol–water partition coefficient (Wildman–Crippen LogP) is 1.30. The van der Waals surface area contributed by atoms with Crippen molar-refractivity contribution in [1.82, 2.24) is 4.72 Å². The summed E-state index contributed by atoms with van der Waals surface area (Å²) >= 11 is 0. The van der Waals surface area contributed by atoms with Crippen molar-refractivity contribution in [2.24, 2.45) is 23.7 Å². The third-order valence-electron chi connectivity index (χ3n) is 4.88. The molecule has 1 aliphatic heterocycles. The van der Waals surface area contributed by atoms with Gasteiger partial charge in [0.2, 0.25) is 15.9 Å². The Balaban J connectivity index is 1.51. The summed E-state index contributed by atoms with van der Waals surface area (Å²) in [6.07, 6.45) is 5.80. The lowest BCUT2D eigenvalue weighted by atomic mass is 9.89. The van der Waals surface area contributed by atoms with Gasteiger partial charge in [-0.25, -0.2) is 8.42 Å². The van der Waals surface area contributed by atoms with Crippen LogP contribution in [-0.2, 0) is 19.6 Å². The number of amides is 1. The van der Waals surface area contributed by atoms with E-state index < -0.39 is 10.0 Å². The molecule has 0 radical (unpaired) electrons. The van der Waals surface area contributed by atoms with Crippen molar-refractivity contribution in [2.45, 2.75) is 38.5 Å². The zero-order chi connectivity index (χ0) is 14.2. The summed E-state index contributed by atoms with van der Waals surface area (Å²) in [4.78, 5) is 12.1. The molecule has 2 saturated carbocycles. The van der Waals surface area contributed by atoms with Gasteiger partial charge in [-0.05, 0) is 56.3 Å². The molecule has 0 aromatic rings. The molecule has 1 N–H and O–H groups in total. The Hall–Kier alpha value is -0.620. The molecule has 4 atom stereocenters. The van der Waals surface area contributed by atoms with Crippen LogP contribution in [0.2, 0.25) is 0 Å². The highest BCUT2D eigenvalue weighted by Crippen LogP contribution is 2.51. The molecule has 0 aromatic carbocycles. The number of nitrogens with one attached hydrogen (secondary N) is 1. The van der Waals surface area contributed by atoms with Crippen LogP contribution in [0.5, 0.6) is 0 Å². The molecule has 3 aliphatic rings. The van der Waals surface area contributed by atoms with Crippen LogP contribution in [-0.4, -0.2) is 33.3 Å². The van der Waals surface area contributed by atoms with E-state index in [1.165, 1.54) is 6.42 Å². The van der Waals surface area contributed by atoms with Crippen molar-refractivity contribution < 1.29 is 17.9 Å². The van der Waals surface area contributed by atoms with Crippen LogP contribution in [0, 0.1) is 23.7 Å². The highest BCUT2D eigenvalue weighted by molar-refractivity contribution is 7.90. The van der Waals surface area contributed by atoms with Gasteiger partial charge in [-0.15, -0.1) is 0 Å². The predicted molar refractivity (Wildman–Crippen MR) is 74.4 cm³/mol. The molecule has 2 aliphatic carbocycles. The van der Waals surface area contributed by atoms with E-state index in [2.05, 4.69) is 4.72 Å². The maximum atomic E-state index is 12.1. The highest BCUT2D eigenvalue weighted by atomic mass is 32.2. The molecule has 4 unspecified atom stereocenters. The summed E-state index contributed by atoms with van der Waals surface area (Å²) in [6.45, 7) is 1.20. The van der Waals surface area contributed by atoms with E-state index in [-0.39, 0.29) is 23.5 Å². The van der Waals surface area contributed by atoms with E-state index in [9.17, 15) is 13.2 Å². The molecule has 5 nitrogen and oxygen atoms in total. The number of carbonyl (C=O) groups excluding carboxylic acids is 1. The molecule has 114 valence electrons. The summed E-state index contributed by atoms with van der Waals surface area (Å²) in [5.74, 6) is 1.14. The van der Waals surface area contributed by atoms with Crippen molar-refractivity contribution in [1.29, 1.82) is 0 Å². The summed E-state index contributed by atoms with van der Waals surface area (Å²) in [6, 6.07) is 0. The quantitative estimate of drug-likeness (QED) is 0.849. The minimum atomic E-state index is -3.51. The monoisotopic (exact) mass is 301 g/mol. The first-order valence-electron chi connectivity index (χ1n) is 7.65. The third-order valence-corrected chi connectivity index (χ3v) is 6.30. The van der Waals surface area contributed by atoms with E-state index in [0.717, 1.165) is 38.0 Å². The average Bonchev–Trinajstić information content (AvgIpc) is 3.16. The number of sulfonamides is 1. The van der Waals surface area contributed by atoms with Crippen LogP contribution in [0.4, 0.5) is 0 Å². The maximum absolute atomic E-state index is 12.1. The standard InChI is InChI=1S/C14H23NO4S/c16-14(12-4-3-11-6-13(11)7-12)15-20(17,18)9-10-2-1-5-19-8-10/h10-13H,1-9H2,(H,15,16). The van der Waals surface area contributed by atoms with Gasteiger partial charge in [0, 0.05) is 12.5 Å². The molecule has 20 heavy (non-hydrogen) atoms. The Morgan fingerprint density at radius 3 is 2.70 bits per heavy atom. The number of rotatable bonds is 4. The third kappa shape index (κ3) is 3.52. The summed E-state index contributed by atoms with van der Waals surface area (Å²) < 4.78 is 31.7. The lowest BCUT2D eigenvalue weighted by Gasteiger charge is -2.23. The Labute approximate surface area is 120 Å². The molecule has 1 amide bonds. The number of carbonyl (C=O) groups is 1. The molecule has 0 spiro atoms. The van der Waals surface area contributed by atoms with Crippen molar-refractivity contribution in [3.63, 3.8) is 0 Å². The van der Waals surface area contributed by atoms with Gasteiger partial charge < -0.3 is 4.74 Å². The lowest BCUT2D eigenvalue weighted by molar-refractivity contribution is -0.124. The molecule has 0 aromatic heterocycles. The van der Waals surface area contributed by atoms with Crippen molar-refractivity contribution >= 4 is 15.9 Å². The second kappa shape index (κ2) is 5.64. The molecule has 3 rings (SSSR count). The van der Waals surface area contributed by atoms with Gasteiger partial charge in [-0.3, -0.25) is 9.52 Å². The SMILES string of the molecule is O=C(NS(=O)(=O)CC1CCCOC1)C1CCC2CC2C1. The van der Waals surface area contributed by atoms with Crippen LogP contribution in [0.25, 0.3) is 0 Å². The number of fused-ring (bicyclic) bond motifs is 1. The number of ether oxygens (including phenoxy) is 1. The summed E-state index contributed by atoms with van der Waals surface area (Å²) in [7, 11) is -3.51. The second-order valence-corrected chi connectivity index (χ2v) is 8.36. The van der Waals surface area contributed by atoms with Crippen LogP contribution in [0.15, 0.2) is 0 Å². The maximum Gasteiger partial charge on any atom is 0.236 e. The van der Waals surface area contributed by atoms with Gasteiger partial charge in [0.15, 0.2) is 0 Å². The first-order valence-corrected chi connectivity index (χ1v) is 9.31. The van der Waals surface area contributed by atoms with Crippen molar-refractivity contribution in [2.75, 3.05) is 19.0 Å². The fourth-order valence-corrected chi connectivity index (χ4v) is 5.06. The molecule has 1 saturated heterocycles. The average molecular weight is 301 g/mol. The van der Waals surface area contributed by atoms with Gasteiger partial charge in [0.05, 0.1) is 12.4 Å². The van der Waals surface area contributed by atoms with Crippen LogP contribution < -0.4 is 4.72 Å². The largest absolute Gasteiger partial charge is 0.381 e. The highest BCUT2D eigenvalue weighted by Gasteiger charge is 2.44. The molecule has 3 fully saturated rings. The minimum Gasteiger partial charge on any atom is -0.381 e. The summed E-state index contributed by atoms with van der Waals surface area (Å²) in [5.41, 5.74) is 0. The summed E-state index contributed by atoms with van der Waals surface area (Å²) in [5, 5.41) is 0. The zero-order valence-electron chi connectivity index (χ0n) is 11.7. The lowest BCUT2D eigenvalue weighted by Crippen LogP contribution is -2.40. The Bertz CT molecular complexity index is 470. The van der Waals surface area contributed by atoms with E-state index in [1.807, 2.05) is 0 Å². The Morgan fingerprint density at radius 1 is 1.15 bits per heavy atom.